The molecule has 0 fully saturated rings. The SMILES string of the molecule is N[C@H](c1c(F)cccc1Cl)C(F)F. The monoisotopic (exact) mass is 209 g/mol. The number of hydrogen-bond donors (Lipinski definition) is 1. The second-order valence-corrected chi connectivity index (χ2v) is 2.90. The highest BCUT2D eigenvalue weighted by Gasteiger charge is 2.23. The molecule has 1 aromatic carbocycles. The zero-order valence-corrected chi connectivity index (χ0v) is 7.23. The summed E-state index contributed by atoms with van der Waals surface area (Å²) >= 11 is 5.52. The summed E-state index contributed by atoms with van der Waals surface area (Å²) in [5.74, 6) is -0.805. The quantitative estimate of drug-likeness (QED) is 0.796. The lowest BCUT2D eigenvalue weighted by molar-refractivity contribution is 0.115. The Morgan fingerprint density at radius 3 is 2.38 bits per heavy atom. The molecule has 13 heavy (non-hydrogen) atoms. The smallest absolute Gasteiger partial charge is 0.257 e. The first-order chi connectivity index (χ1) is 6.04. The first-order valence-electron chi connectivity index (χ1n) is 3.51. The van der Waals surface area contributed by atoms with Gasteiger partial charge in [-0.1, -0.05) is 17.7 Å². The molecular weight excluding hydrogens is 203 g/mol. The molecule has 0 spiro atoms. The summed E-state index contributed by atoms with van der Waals surface area (Å²) in [6.07, 6.45) is -2.82. The zero-order chi connectivity index (χ0) is 10.0. The van der Waals surface area contributed by atoms with Crippen LogP contribution in [0.3, 0.4) is 0 Å². The summed E-state index contributed by atoms with van der Waals surface area (Å²) in [6.45, 7) is 0. The maximum Gasteiger partial charge on any atom is 0.257 e. The molecule has 1 atom stereocenters. The molecule has 0 saturated heterocycles. The van der Waals surface area contributed by atoms with Gasteiger partial charge in [-0.05, 0) is 12.1 Å². The molecule has 0 radical (unpaired) electrons. The highest BCUT2D eigenvalue weighted by Crippen LogP contribution is 2.27. The minimum atomic E-state index is -2.82. The van der Waals surface area contributed by atoms with Gasteiger partial charge >= 0.3 is 0 Å². The summed E-state index contributed by atoms with van der Waals surface area (Å²) in [4.78, 5) is 0. The number of alkyl halides is 2. The van der Waals surface area contributed by atoms with Crippen molar-refractivity contribution in [1.29, 1.82) is 0 Å². The van der Waals surface area contributed by atoms with Crippen LogP contribution in [0.2, 0.25) is 5.02 Å². The van der Waals surface area contributed by atoms with Crippen LogP contribution in [0.15, 0.2) is 18.2 Å². The number of rotatable bonds is 2. The van der Waals surface area contributed by atoms with Gasteiger partial charge in [-0.3, -0.25) is 0 Å². The van der Waals surface area contributed by atoms with Gasteiger partial charge in [0.2, 0.25) is 0 Å². The molecule has 1 rings (SSSR count). The van der Waals surface area contributed by atoms with Crippen LogP contribution in [-0.4, -0.2) is 6.43 Å². The van der Waals surface area contributed by atoms with Gasteiger partial charge in [0.15, 0.2) is 0 Å². The van der Waals surface area contributed by atoms with Crippen molar-refractivity contribution < 1.29 is 13.2 Å². The van der Waals surface area contributed by atoms with Crippen LogP contribution in [0.1, 0.15) is 11.6 Å². The van der Waals surface area contributed by atoms with Crippen LogP contribution in [-0.2, 0) is 0 Å². The van der Waals surface area contributed by atoms with Crippen molar-refractivity contribution in [2.24, 2.45) is 5.73 Å². The van der Waals surface area contributed by atoms with E-state index < -0.39 is 18.3 Å². The van der Waals surface area contributed by atoms with Crippen molar-refractivity contribution in [2.75, 3.05) is 0 Å². The van der Waals surface area contributed by atoms with Crippen LogP contribution in [0.5, 0.6) is 0 Å². The Kier molecular flexibility index (Phi) is 3.17. The molecule has 0 unspecified atom stereocenters. The number of nitrogens with two attached hydrogens (primary N) is 1. The third kappa shape index (κ3) is 2.14. The highest BCUT2D eigenvalue weighted by molar-refractivity contribution is 6.31. The lowest BCUT2D eigenvalue weighted by Crippen LogP contribution is -2.20. The maximum atomic E-state index is 13.0. The summed E-state index contributed by atoms with van der Waals surface area (Å²) in [5, 5.41) is -0.0761. The fourth-order valence-corrected chi connectivity index (χ4v) is 1.24. The summed E-state index contributed by atoms with van der Waals surface area (Å²) in [6, 6.07) is 2.03. The van der Waals surface area contributed by atoms with Crippen molar-refractivity contribution in [3.8, 4) is 0 Å². The Balaban J connectivity index is 3.12. The summed E-state index contributed by atoms with van der Waals surface area (Å²) in [7, 11) is 0. The maximum absolute atomic E-state index is 13.0. The van der Waals surface area contributed by atoms with E-state index in [0.717, 1.165) is 6.07 Å². The van der Waals surface area contributed by atoms with E-state index in [4.69, 9.17) is 17.3 Å². The van der Waals surface area contributed by atoms with Crippen molar-refractivity contribution in [3.05, 3.63) is 34.6 Å². The fourth-order valence-electron chi connectivity index (χ4n) is 0.955. The Bertz CT molecular complexity index is 283. The predicted molar refractivity (Wildman–Crippen MR) is 44.3 cm³/mol. The third-order valence-electron chi connectivity index (χ3n) is 1.60. The molecule has 0 amide bonds. The average Bonchev–Trinajstić information content (AvgIpc) is 2.03. The normalized spacial score (nSPS) is 13.4. The summed E-state index contributed by atoms with van der Waals surface area (Å²) < 4.78 is 37.2. The fraction of sp³-hybridized carbons (Fsp3) is 0.250. The Morgan fingerprint density at radius 1 is 1.31 bits per heavy atom. The predicted octanol–water partition coefficient (Wildman–Crippen LogP) is 2.74. The molecular formula is C8H7ClF3N. The molecule has 0 bridgehead atoms. The van der Waals surface area contributed by atoms with E-state index in [1.54, 1.807) is 0 Å². The van der Waals surface area contributed by atoms with Gasteiger partial charge in [0.1, 0.15) is 5.82 Å². The topological polar surface area (TPSA) is 26.0 Å². The van der Waals surface area contributed by atoms with Crippen LogP contribution in [0.25, 0.3) is 0 Å². The van der Waals surface area contributed by atoms with Gasteiger partial charge in [0.25, 0.3) is 6.43 Å². The summed E-state index contributed by atoms with van der Waals surface area (Å²) in [5.41, 5.74) is 4.73. The van der Waals surface area contributed by atoms with Crippen molar-refractivity contribution in [1.82, 2.24) is 0 Å². The molecule has 0 saturated carbocycles. The molecule has 2 N–H and O–H groups in total. The lowest BCUT2D eigenvalue weighted by atomic mass is 10.1. The van der Waals surface area contributed by atoms with E-state index in [-0.39, 0.29) is 10.6 Å². The molecule has 72 valence electrons. The zero-order valence-electron chi connectivity index (χ0n) is 6.48. The number of benzene rings is 1. The van der Waals surface area contributed by atoms with Gasteiger partial charge < -0.3 is 5.73 Å². The number of hydrogen-bond acceptors (Lipinski definition) is 1. The van der Waals surface area contributed by atoms with Crippen molar-refractivity contribution >= 4 is 11.6 Å². The molecule has 0 aliphatic heterocycles. The second kappa shape index (κ2) is 3.98. The Hall–Kier alpha value is -0.740. The van der Waals surface area contributed by atoms with Crippen LogP contribution in [0.4, 0.5) is 13.2 Å². The molecule has 1 aromatic rings. The third-order valence-corrected chi connectivity index (χ3v) is 1.93. The van der Waals surface area contributed by atoms with E-state index in [1.165, 1.54) is 12.1 Å². The average molecular weight is 210 g/mol. The molecule has 1 nitrogen and oxygen atoms in total. The first-order valence-corrected chi connectivity index (χ1v) is 3.89. The van der Waals surface area contributed by atoms with Gasteiger partial charge in [-0.25, -0.2) is 13.2 Å². The van der Waals surface area contributed by atoms with E-state index in [1.807, 2.05) is 0 Å². The second-order valence-electron chi connectivity index (χ2n) is 2.50. The van der Waals surface area contributed by atoms with E-state index in [2.05, 4.69) is 0 Å². The largest absolute Gasteiger partial charge is 0.319 e. The Labute approximate surface area is 78.3 Å². The molecule has 0 aliphatic rings. The molecule has 0 aliphatic carbocycles. The van der Waals surface area contributed by atoms with Gasteiger partial charge in [-0.2, -0.15) is 0 Å². The molecule has 0 aromatic heterocycles. The van der Waals surface area contributed by atoms with Crippen LogP contribution in [0, 0.1) is 5.82 Å². The van der Waals surface area contributed by atoms with Gasteiger partial charge in [-0.15, -0.1) is 0 Å². The standard InChI is InChI=1S/C8H7ClF3N/c9-4-2-1-3-5(10)6(4)7(13)8(11)12/h1-3,7-8H,13H2/t7-/m1/s1. The Morgan fingerprint density at radius 2 is 1.92 bits per heavy atom. The highest BCUT2D eigenvalue weighted by atomic mass is 35.5. The van der Waals surface area contributed by atoms with Crippen molar-refractivity contribution in [2.45, 2.75) is 12.5 Å². The lowest BCUT2D eigenvalue weighted by Gasteiger charge is -2.12. The minimum absolute atomic E-state index is 0.0761. The van der Waals surface area contributed by atoms with E-state index in [9.17, 15) is 13.2 Å². The van der Waals surface area contributed by atoms with Crippen molar-refractivity contribution in [3.63, 3.8) is 0 Å². The first kappa shape index (κ1) is 10.3. The number of halogens is 4. The molecule has 5 heteroatoms. The molecule has 0 heterocycles. The van der Waals surface area contributed by atoms with Crippen LogP contribution < -0.4 is 5.73 Å². The van der Waals surface area contributed by atoms with E-state index >= 15 is 0 Å². The van der Waals surface area contributed by atoms with Crippen LogP contribution >= 0.6 is 11.6 Å². The minimum Gasteiger partial charge on any atom is -0.319 e. The van der Waals surface area contributed by atoms with Gasteiger partial charge in [0.05, 0.1) is 6.04 Å². The van der Waals surface area contributed by atoms with Gasteiger partial charge in [0, 0.05) is 10.6 Å². The van der Waals surface area contributed by atoms with E-state index in [0.29, 0.717) is 0 Å².